The van der Waals surface area contributed by atoms with Crippen LogP contribution in [0.4, 0.5) is 0 Å². The fourth-order valence-electron chi connectivity index (χ4n) is 2.04. The molecule has 1 aromatic rings. The number of rotatable bonds is 4. The second kappa shape index (κ2) is 5.30. The molecule has 1 atom stereocenters. The molecule has 0 aliphatic carbocycles. The first kappa shape index (κ1) is 13.4. The van der Waals surface area contributed by atoms with Gasteiger partial charge in [0.05, 0.1) is 7.11 Å². The molecule has 0 bridgehead atoms. The molecule has 0 N–H and O–H groups in total. The second-order valence-corrected chi connectivity index (χ2v) is 4.58. The number of nitrogens with zero attached hydrogens (tertiary/aromatic N) is 1. The van der Waals surface area contributed by atoms with Gasteiger partial charge in [0.15, 0.2) is 23.4 Å². The van der Waals surface area contributed by atoms with Crippen LogP contribution in [0.15, 0.2) is 18.2 Å². The van der Waals surface area contributed by atoms with Gasteiger partial charge in [0.25, 0.3) is 5.91 Å². The van der Waals surface area contributed by atoms with Gasteiger partial charge < -0.3 is 14.4 Å². The molecule has 1 fully saturated rings. The second-order valence-electron chi connectivity index (χ2n) is 4.58. The molecule has 1 saturated heterocycles. The lowest BCUT2D eigenvalue weighted by Gasteiger charge is -2.15. The van der Waals surface area contributed by atoms with Crippen molar-refractivity contribution in [2.24, 2.45) is 0 Å². The Labute approximate surface area is 112 Å². The van der Waals surface area contributed by atoms with Crippen LogP contribution in [-0.2, 0) is 4.79 Å². The summed E-state index contributed by atoms with van der Waals surface area (Å²) in [5, 5.41) is 0. The first-order valence-corrected chi connectivity index (χ1v) is 6.13. The monoisotopic (exact) mass is 263 g/mol. The molecular formula is C14H17NO4. The van der Waals surface area contributed by atoms with Gasteiger partial charge in [-0.2, -0.15) is 0 Å². The first-order valence-electron chi connectivity index (χ1n) is 6.13. The van der Waals surface area contributed by atoms with Crippen molar-refractivity contribution in [1.82, 2.24) is 4.90 Å². The van der Waals surface area contributed by atoms with Crippen LogP contribution in [0.5, 0.6) is 11.5 Å². The molecule has 1 aliphatic heterocycles. The quantitative estimate of drug-likeness (QED) is 0.773. The van der Waals surface area contributed by atoms with Crippen LogP contribution in [0.3, 0.4) is 0 Å². The highest BCUT2D eigenvalue weighted by molar-refractivity contribution is 5.94. The van der Waals surface area contributed by atoms with Crippen molar-refractivity contribution in [2.45, 2.75) is 19.4 Å². The van der Waals surface area contributed by atoms with E-state index < -0.39 is 6.10 Å². The topological polar surface area (TPSA) is 55.8 Å². The number of likely N-dealkylation sites (N-methyl/N-ethyl adjacent to an activating group) is 1. The Bertz CT molecular complexity index is 512. The third-order valence-corrected chi connectivity index (χ3v) is 3.22. The Hall–Kier alpha value is -2.04. The Balaban J connectivity index is 2.21. The van der Waals surface area contributed by atoms with E-state index in [4.69, 9.17) is 9.47 Å². The number of benzene rings is 1. The number of ether oxygens (including phenoxy) is 2. The van der Waals surface area contributed by atoms with Gasteiger partial charge in [-0.1, -0.05) is 0 Å². The van der Waals surface area contributed by atoms with Crippen LogP contribution < -0.4 is 9.47 Å². The SMILES string of the molecule is COc1cc(C(C)=O)ccc1OC1CCN(C)C1=O. The molecule has 5 heteroatoms. The summed E-state index contributed by atoms with van der Waals surface area (Å²) >= 11 is 0. The predicted molar refractivity (Wildman–Crippen MR) is 69.7 cm³/mol. The van der Waals surface area contributed by atoms with E-state index in [1.807, 2.05) is 0 Å². The highest BCUT2D eigenvalue weighted by Gasteiger charge is 2.31. The highest BCUT2D eigenvalue weighted by Crippen LogP contribution is 2.30. The normalized spacial score (nSPS) is 18.6. The van der Waals surface area contributed by atoms with E-state index in [9.17, 15) is 9.59 Å². The summed E-state index contributed by atoms with van der Waals surface area (Å²) < 4.78 is 10.9. The lowest BCUT2D eigenvalue weighted by molar-refractivity contribution is -0.132. The van der Waals surface area contributed by atoms with E-state index in [1.54, 1.807) is 30.1 Å². The molecule has 0 saturated carbocycles. The number of methoxy groups -OCH3 is 1. The minimum Gasteiger partial charge on any atom is -0.493 e. The van der Waals surface area contributed by atoms with Crippen molar-refractivity contribution in [2.75, 3.05) is 20.7 Å². The van der Waals surface area contributed by atoms with E-state index >= 15 is 0 Å². The van der Waals surface area contributed by atoms with Crippen molar-refractivity contribution < 1.29 is 19.1 Å². The number of carbonyl (C=O) groups is 2. The molecule has 1 unspecified atom stereocenters. The molecule has 0 radical (unpaired) electrons. The largest absolute Gasteiger partial charge is 0.493 e. The van der Waals surface area contributed by atoms with E-state index in [2.05, 4.69) is 0 Å². The summed E-state index contributed by atoms with van der Waals surface area (Å²) in [4.78, 5) is 24.7. The first-order chi connectivity index (χ1) is 9.02. The van der Waals surface area contributed by atoms with Crippen LogP contribution in [0, 0.1) is 0 Å². The van der Waals surface area contributed by atoms with Gasteiger partial charge in [-0.15, -0.1) is 0 Å². The molecule has 1 aromatic carbocycles. The van der Waals surface area contributed by atoms with Crippen LogP contribution in [-0.4, -0.2) is 43.4 Å². The van der Waals surface area contributed by atoms with Gasteiger partial charge in [0.1, 0.15) is 0 Å². The summed E-state index contributed by atoms with van der Waals surface area (Å²) in [5.74, 6) is 0.885. The molecule has 2 rings (SSSR count). The van der Waals surface area contributed by atoms with Crippen LogP contribution in [0.25, 0.3) is 0 Å². The fraction of sp³-hybridized carbons (Fsp3) is 0.429. The van der Waals surface area contributed by atoms with E-state index in [-0.39, 0.29) is 11.7 Å². The van der Waals surface area contributed by atoms with Gasteiger partial charge in [-0.25, -0.2) is 0 Å². The average Bonchev–Trinajstić information content (AvgIpc) is 2.71. The van der Waals surface area contributed by atoms with Crippen LogP contribution >= 0.6 is 0 Å². The molecule has 102 valence electrons. The van der Waals surface area contributed by atoms with Crippen LogP contribution in [0.1, 0.15) is 23.7 Å². The Kier molecular flexibility index (Phi) is 3.74. The van der Waals surface area contributed by atoms with Gasteiger partial charge in [0, 0.05) is 25.6 Å². The standard InChI is InChI=1S/C14H17NO4/c1-9(16)10-4-5-11(13(8-10)18-3)19-12-6-7-15(2)14(12)17/h4-5,8,12H,6-7H2,1-3H3. The summed E-state index contributed by atoms with van der Waals surface area (Å²) in [6.07, 6.45) is 0.189. The van der Waals surface area contributed by atoms with Crippen molar-refractivity contribution in [3.8, 4) is 11.5 Å². The molecule has 1 amide bonds. The molecular weight excluding hydrogens is 246 g/mol. The van der Waals surface area contributed by atoms with Gasteiger partial charge in [0.2, 0.25) is 0 Å². The molecule has 0 spiro atoms. The highest BCUT2D eigenvalue weighted by atomic mass is 16.5. The molecule has 1 heterocycles. The van der Waals surface area contributed by atoms with E-state index in [0.29, 0.717) is 30.0 Å². The summed E-state index contributed by atoms with van der Waals surface area (Å²) in [6, 6.07) is 4.96. The maximum absolute atomic E-state index is 11.8. The van der Waals surface area contributed by atoms with Gasteiger partial charge in [-0.3, -0.25) is 9.59 Å². The third kappa shape index (κ3) is 2.70. The number of ketones is 1. The van der Waals surface area contributed by atoms with Crippen LogP contribution in [0.2, 0.25) is 0 Å². The van der Waals surface area contributed by atoms with Gasteiger partial charge >= 0.3 is 0 Å². The predicted octanol–water partition coefficient (Wildman–Crippen LogP) is 1.51. The smallest absolute Gasteiger partial charge is 0.263 e. The van der Waals surface area contributed by atoms with Crippen molar-refractivity contribution in [3.63, 3.8) is 0 Å². The molecule has 5 nitrogen and oxygen atoms in total. The third-order valence-electron chi connectivity index (χ3n) is 3.22. The average molecular weight is 263 g/mol. The van der Waals surface area contributed by atoms with Crippen molar-refractivity contribution >= 4 is 11.7 Å². The zero-order chi connectivity index (χ0) is 14.0. The Morgan fingerprint density at radius 1 is 1.37 bits per heavy atom. The van der Waals surface area contributed by atoms with Gasteiger partial charge in [-0.05, 0) is 25.1 Å². The minimum atomic E-state index is -0.470. The summed E-state index contributed by atoms with van der Waals surface area (Å²) in [7, 11) is 3.26. The Morgan fingerprint density at radius 3 is 2.63 bits per heavy atom. The van der Waals surface area contributed by atoms with Crippen molar-refractivity contribution in [3.05, 3.63) is 23.8 Å². The van der Waals surface area contributed by atoms with E-state index in [1.165, 1.54) is 14.0 Å². The number of hydrogen-bond acceptors (Lipinski definition) is 4. The number of likely N-dealkylation sites (tertiary alicyclic amines) is 1. The number of amides is 1. The maximum atomic E-state index is 11.8. The molecule has 0 aromatic heterocycles. The number of hydrogen-bond donors (Lipinski definition) is 0. The summed E-state index contributed by atoms with van der Waals surface area (Å²) in [5.41, 5.74) is 0.555. The zero-order valence-corrected chi connectivity index (χ0v) is 11.3. The Morgan fingerprint density at radius 2 is 2.11 bits per heavy atom. The summed E-state index contributed by atoms with van der Waals surface area (Å²) in [6.45, 7) is 2.18. The maximum Gasteiger partial charge on any atom is 0.263 e. The number of Topliss-reactive ketones (excluding diaryl/α,β-unsaturated/α-hetero) is 1. The fourth-order valence-corrected chi connectivity index (χ4v) is 2.04. The number of carbonyl (C=O) groups excluding carboxylic acids is 2. The molecule has 1 aliphatic rings. The lowest BCUT2D eigenvalue weighted by atomic mass is 10.1. The van der Waals surface area contributed by atoms with E-state index in [0.717, 1.165) is 0 Å². The minimum absolute atomic E-state index is 0.0299. The zero-order valence-electron chi connectivity index (χ0n) is 11.3. The lowest BCUT2D eigenvalue weighted by Crippen LogP contribution is -2.29. The van der Waals surface area contributed by atoms with Crippen molar-refractivity contribution in [1.29, 1.82) is 0 Å². The molecule has 19 heavy (non-hydrogen) atoms.